The zero-order chi connectivity index (χ0) is 13.5. The molecule has 0 aromatic carbocycles. The largest absolute Gasteiger partial charge is 0.396 e. The van der Waals surface area contributed by atoms with Gasteiger partial charge in [-0.3, -0.25) is 0 Å². The van der Waals surface area contributed by atoms with Crippen molar-refractivity contribution in [3.63, 3.8) is 0 Å². The fourth-order valence-electron chi connectivity index (χ4n) is 1.25. The second-order valence-electron chi connectivity index (χ2n) is 4.13. The maximum absolute atomic E-state index is 11.8. The Morgan fingerprint density at radius 1 is 1.35 bits per heavy atom. The van der Waals surface area contributed by atoms with Crippen molar-refractivity contribution in [2.45, 2.75) is 38.9 Å². The van der Waals surface area contributed by atoms with Crippen LogP contribution in [0.5, 0.6) is 0 Å². The molecular weight excluding hydrogens is 237 g/mol. The predicted molar refractivity (Wildman–Crippen MR) is 57.5 cm³/mol. The summed E-state index contributed by atoms with van der Waals surface area (Å²) in [4.78, 5) is 11.2. The first kappa shape index (κ1) is 16.0. The average molecular weight is 256 g/mol. The van der Waals surface area contributed by atoms with Crippen LogP contribution in [0.1, 0.15) is 26.7 Å². The van der Waals surface area contributed by atoms with E-state index in [-0.39, 0.29) is 18.6 Å². The molecule has 0 saturated carbocycles. The van der Waals surface area contributed by atoms with Crippen molar-refractivity contribution in [1.29, 1.82) is 0 Å². The Kier molecular flexibility index (Phi) is 6.94. The van der Waals surface area contributed by atoms with Crippen molar-refractivity contribution < 1.29 is 23.1 Å². The SMILES string of the molecule is CC(C)C(CCO)NC(=O)NCCC(F)(F)F. The van der Waals surface area contributed by atoms with E-state index in [0.29, 0.717) is 6.42 Å². The molecule has 0 aromatic heterocycles. The molecule has 0 heterocycles. The maximum atomic E-state index is 11.8. The van der Waals surface area contributed by atoms with Crippen molar-refractivity contribution in [1.82, 2.24) is 10.6 Å². The van der Waals surface area contributed by atoms with Gasteiger partial charge in [-0.05, 0) is 12.3 Å². The quantitative estimate of drug-likeness (QED) is 0.676. The number of urea groups is 1. The first-order valence-electron chi connectivity index (χ1n) is 5.48. The molecule has 1 atom stereocenters. The van der Waals surface area contributed by atoms with E-state index in [0.717, 1.165) is 0 Å². The van der Waals surface area contributed by atoms with Crippen molar-refractivity contribution in [2.24, 2.45) is 5.92 Å². The summed E-state index contributed by atoms with van der Waals surface area (Å²) in [7, 11) is 0. The minimum atomic E-state index is -4.27. The summed E-state index contributed by atoms with van der Waals surface area (Å²) in [5.74, 6) is 0.107. The van der Waals surface area contributed by atoms with Crippen molar-refractivity contribution in [2.75, 3.05) is 13.2 Å². The number of aliphatic hydroxyl groups is 1. The number of carbonyl (C=O) groups is 1. The number of rotatable bonds is 6. The Balaban J connectivity index is 3.90. The highest BCUT2D eigenvalue weighted by molar-refractivity contribution is 5.74. The van der Waals surface area contributed by atoms with Crippen LogP contribution in [0.25, 0.3) is 0 Å². The van der Waals surface area contributed by atoms with E-state index in [4.69, 9.17) is 5.11 Å². The molecule has 1 unspecified atom stereocenters. The highest BCUT2D eigenvalue weighted by Crippen LogP contribution is 2.18. The molecule has 0 fully saturated rings. The Hall–Kier alpha value is -0.980. The maximum Gasteiger partial charge on any atom is 0.390 e. The zero-order valence-corrected chi connectivity index (χ0v) is 9.97. The third-order valence-corrected chi connectivity index (χ3v) is 2.26. The van der Waals surface area contributed by atoms with Crippen LogP contribution in [0.2, 0.25) is 0 Å². The molecule has 0 aliphatic rings. The zero-order valence-electron chi connectivity index (χ0n) is 9.97. The molecule has 0 aliphatic carbocycles. The first-order valence-corrected chi connectivity index (χ1v) is 5.48. The van der Waals surface area contributed by atoms with Crippen LogP contribution in [-0.2, 0) is 0 Å². The van der Waals surface area contributed by atoms with E-state index >= 15 is 0 Å². The van der Waals surface area contributed by atoms with Gasteiger partial charge in [-0.25, -0.2) is 4.79 Å². The number of alkyl halides is 3. The molecule has 0 spiro atoms. The lowest BCUT2D eigenvalue weighted by molar-refractivity contribution is -0.132. The van der Waals surface area contributed by atoms with Crippen LogP contribution in [-0.4, -0.2) is 36.5 Å². The number of amides is 2. The number of nitrogens with one attached hydrogen (secondary N) is 2. The smallest absolute Gasteiger partial charge is 0.390 e. The second kappa shape index (κ2) is 7.37. The van der Waals surface area contributed by atoms with E-state index in [1.165, 1.54) is 0 Å². The van der Waals surface area contributed by atoms with Crippen molar-refractivity contribution in [3.8, 4) is 0 Å². The lowest BCUT2D eigenvalue weighted by atomic mass is 10.0. The fourth-order valence-corrected chi connectivity index (χ4v) is 1.25. The highest BCUT2D eigenvalue weighted by Gasteiger charge is 2.26. The molecule has 4 nitrogen and oxygen atoms in total. The average Bonchev–Trinajstić information content (AvgIpc) is 2.14. The molecule has 0 aliphatic heterocycles. The number of halogens is 3. The van der Waals surface area contributed by atoms with Gasteiger partial charge in [-0.2, -0.15) is 13.2 Å². The van der Waals surface area contributed by atoms with Gasteiger partial charge >= 0.3 is 12.2 Å². The topological polar surface area (TPSA) is 61.4 Å². The summed E-state index contributed by atoms with van der Waals surface area (Å²) >= 11 is 0. The fraction of sp³-hybridized carbons (Fsp3) is 0.900. The minimum absolute atomic E-state index is 0.0777. The van der Waals surface area contributed by atoms with E-state index in [1.54, 1.807) is 0 Å². The molecule has 3 N–H and O–H groups in total. The molecule has 7 heteroatoms. The summed E-state index contributed by atoms with van der Waals surface area (Å²) in [6.07, 6.45) is -4.94. The van der Waals surface area contributed by atoms with Crippen LogP contribution >= 0.6 is 0 Å². The highest BCUT2D eigenvalue weighted by atomic mass is 19.4. The van der Waals surface area contributed by atoms with Gasteiger partial charge in [0.1, 0.15) is 0 Å². The molecule has 0 radical (unpaired) electrons. The molecule has 0 aromatic rings. The standard InChI is InChI=1S/C10H19F3N2O2/c1-7(2)8(3-6-16)15-9(17)14-5-4-10(11,12)13/h7-8,16H,3-6H2,1-2H3,(H2,14,15,17). The van der Waals surface area contributed by atoms with E-state index in [2.05, 4.69) is 10.6 Å². The Bertz CT molecular complexity index is 232. The molecule has 0 rings (SSSR count). The van der Waals surface area contributed by atoms with E-state index < -0.39 is 25.2 Å². The van der Waals surface area contributed by atoms with Gasteiger partial charge in [-0.15, -0.1) is 0 Å². The van der Waals surface area contributed by atoms with Crippen LogP contribution in [0.4, 0.5) is 18.0 Å². The Morgan fingerprint density at radius 2 is 1.94 bits per heavy atom. The van der Waals surface area contributed by atoms with Crippen molar-refractivity contribution in [3.05, 3.63) is 0 Å². The van der Waals surface area contributed by atoms with Gasteiger partial charge in [0.05, 0.1) is 6.42 Å². The van der Waals surface area contributed by atoms with Gasteiger partial charge in [0.25, 0.3) is 0 Å². The third kappa shape index (κ3) is 8.79. The van der Waals surface area contributed by atoms with Gasteiger partial charge < -0.3 is 15.7 Å². The van der Waals surface area contributed by atoms with Gasteiger partial charge in [0.15, 0.2) is 0 Å². The summed E-state index contributed by atoms with van der Waals surface area (Å²) in [5.41, 5.74) is 0. The minimum Gasteiger partial charge on any atom is -0.396 e. The van der Waals surface area contributed by atoms with E-state index in [9.17, 15) is 18.0 Å². The number of hydrogen-bond donors (Lipinski definition) is 3. The molecule has 2 amide bonds. The summed E-state index contributed by atoms with van der Waals surface area (Å²) in [6, 6.07) is -0.882. The lowest BCUT2D eigenvalue weighted by Crippen LogP contribution is -2.45. The first-order chi connectivity index (χ1) is 7.76. The van der Waals surface area contributed by atoms with Gasteiger partial charge in [0.2, 0.25) is 0 Å². The summed E-state index contributed by atoms with van der Waals surface area (Å²) < 4.78 is 35.4. The van der Waals surface area contributed by atoms with Gasteiger partial charge in [-0.1, -0.05) is 13.8 Å². The molecule has 0 bridgehead atoms. The molecule has 0 saturated heterocycles. The monoisotopic (exact) mass is 256 g/mol. The van der Waals surface area contributed by atoms with Crippen LogP contribution in [0.15, 0.2) is 0 Å². The second-order valence-corrected chi connectivity index (χ2v) is 4.13. The lowest BCUT2D eigenvalue weighted by Gasteiger charge is -2.21. The van der Waals surface area contributed by atoms with Crippen LogP contribution in [0, 0.1) is 5.92 Å². The van der Waals surface area contributed by atoms with Gasteiger partial charge in [0, 0.05) is 19.2 Å². The molecule has 102 valence electrons. The normalized spacial score (nSPS) is 13.6. The molecular formula is C10H19F3N2O2. The van der Waals surface area contributed by atoms with Crippen LogP contribution in [0.3, 0.4) is 0 Å². The molecule has 17 heavy (non-hydrogen) atoms. The Morgan fingerprint density at radius 3 is 2.35 bits per heavy atom. The number of hydrogen-bond acceptors (Lipinski definition) is 2. The Labute approximate surface area is 98.6 Å². The predicted octanol–water partition coefficient (Wildman–Crippen LogP) is 1.65. The van der Waals surface area contributed by atoms with Crippen molar-refractivity contribution >= 4 is 6.03 Å². The summed E-state index contributed by atoms with van der Waals surface area (Å²) in [6.45, 7) is 3.19. The summed E-state index contributed by atoms with van der Waals surface area (Å²) in [5, 5.41) is 13.4. The third-order valence-electron chi connectivity index (χ3n) is 2.26. The number of carbonyl (C=O) groups excluding carboxylic acids is 1. The van der Waals surface area contributed by atoms with E-state index in [1.807, 2.05) is 13.8 Å². The number of aliphatic hydroxyl groups excluding tert-OH is 1. The van der Waals surface area contributed by atoms with Crippen LogP contribution < -0.4 is 10.6 Å².